The van der Waals surface area contributed by atoms with Crippen LogP contribution < -0.4 is 4.90 Å². The first-order chi connectivity index (χ1) is 11.3. The molecular formula is C17H16F3NO3. The van der Waals surface area contributed by atoms with Crippen molar-refractivity contribution in [1.82, 2.24) is 0 Å². The molecule has 1 N–H and O–H groups in total. The number of carboxylic acids is 1. The molecule has 2 aliphatic rings. The minimum Gasteiger partial charge on any atom is -0.480 e. The van der Waals surface area contributed by atoms with Gasteiger partial charge in [-0.3, -0.25) is 9.69 Å². The van der Waals surface area contributed by atoms with Crippen LogP contribution in [0.5, 0.6) is 0 Å². The van der Waals surface area contributed by atoms with E-state index in [0.717, 1.165) is 0 Å². The van der Waals surface area contributed by atoms with Crippen molar-refractivity contribution in [2.75, 3.05) is 4.90 Å². The zero-order chi connectivity index (χ0) is 17.6. The Morgan fingerprint density at radius 2 is 2.04 bits per heavy atom. The number of alkyl halides is 3. The number of hydrogen-bond acceptors (Lipinski definition) is 2. The lowest BCUT2D eigenvalue weighted by Gasteiger charge is -2.43. The highest BCUT2D eigenvalue weighted by Gasteiger charge is 2.54. The first kappa shape index (κ1) is 16.5. The molecule has 0 fully saturated rings. The summed E-state index contributed by atoms with van der Waals surface area (Å²) in [4.78, 5) is 24.3. The highest BCUT2D eigenvalue weighted by molar-refractivity contribution is 6.04. The lowest BCUT2D eigenvalue weighted by molar-refractivity contribution is -0.172. The van der Waals surface area contributed by atoms with E-state index in [4.69, 9.17) is 0 Å². The summed E-state index contributed by atoms with van der Waals surface area (Å²) in [5.74, 6) is -4.41. The summed E-state index contributed by atoms with van der Waals surface area (Å²) < 4.78 is 39.4. The van der Waals surface area contributed by atoms with Gasteiger partial charge in [-0.05, 0) is 24.0 Å². The van der Waals surface area contributed by atoms with Gasteiger partial charge in [-0.15, -0.1) is 0 Å². The molecular weight excluding hydrogens is 323 g/mol. The highest BCUT2D eigenvalue weighted by Crippen LogP contribution is 2.49. The van der Waals surface area contributed by atoms with Crippen molar-refractivity contribution in [1.29, 1.82) is 0 Å². The molecule has 0 unspecified atom stereocenters. The van der Waals surface area contributed by atoms with E-state index in [1.54, 1.807) is 31.2 Å². The number of halogens is 3. The second-order valence-corrected chi connectivity index (χ2v) is 6.02. The average Bonchev–Trinajstić information content (AvgIpc) is 3.00. The van der Waals surface area contributed by atoms with E-state index in [-0.39, 0.29) is 11.6 Å². The van der Waals surface area contributed by atoms with Crippen LogP contribution in [0, 0.1) is 5.92 Å². The monoisotopic (exact) mass is 339 g/mol. The first-order valence-corrected chi connectivity index (χ1v) is 7.69. The molecule has 0 saturated heterocycles. The van der Waals surface area contributed by atoms with Crippen molar-refractivity contribution in [2.45, 2.75) is 37.9 Å². The molecule has 0 saturated carbocycles. The zero-order valence-electron chi connectivity index (χ0n) is 12.9. The molecule has 0 spiro atoms. The van der Waals surface area contributed by atoms with Crippen LogP contribution in [-0.4, -0.2) is 29.2 Å². The molecule has 1 aromatic rings. The number of aryl methyl sites for hydroxylation is 1. The fourth-order valence-electron chi connectivity index (χ4n) is 3.78. The van der Waals surface area contributed by atoms with Crippen LogP contribution in [0.1, 0.15) is 30.4 Å². The van der Waals surface area contributed by atoms with Crippen molar-refractivity contribution < 1.29 is 27.9 Å². The molecule has 3 rings (SSSR count). The Kier molecular flexibility index (Phi) is 3.89. The van der Waals surface area contributed by atoms with E-state index in [1.165, 1.54) is 0 Å². The van der Waals surface area contributed by atoms with Crippen LogP contribution in [0.15, 0.2) is 30.4 Å². The Bertz CT molecular complexity index is 726. The van der Waals surface area contributed by atoms with Crippen LogP contribution >= 0.6 is 0 Å². The van der Waals surface area contributed by atoms with Gasteiger partial charge in [0.05, 0.1) is 5.69 Å². The molecule has 1 aliphatic carbocycles. The maximum atomic E-state index is 13.1. The highest BCUT2D eigenvalue weighted by atomic mass is 19.4. The summed E-state index contributed by atoms with van der Waals surface area (Å²) in [5.41, 5.74) is 1.22. The van der Waals surface area contributed by atoms with Crippen LogP contribution in [0.3, 0.4) is 0 Å². The van der Waals surface area contributed by atoms with E-state index in [0.29, 0.717) is 28.9 Å². The van der Waals surface area contributed by atoms with Crippen LogP contribution in [0.25, 0.3) is 0 Å². The summed E-state index contributed by atoms with van der Waals surface area (Å²) in [6.07, 6.45) is -0.800. The average molecular weight is 339 g/mol. The van der Waals surface area contributed by atoms with E-state index < -0.39 is 30.0 Å². The van der Waals surface area contributed by atoms with Gasteiger partial charge in [0, 0.05) is 11.8 Å². The van der Waals surface area contributed by atoms with Crippen molar-refractivity contribution in [2.24, 2.45) is 5.92 Å². The van der Waals surface area contributed by atoms with E-state index in [9.17, 15) is 27.9 Å². The predicted octanol–water partition coefficient (Wildman–Crippen LogP) is 3.27. The Hall–Kier alpha value is -2.31. The van der Waals surface area contributed by atoms with Gasteiger partial charge in [0.2, 0.25) is 0 Å². The van der Waals surface area contributed by atoms with Gasteiger partial charge >= 0.3 is 18.1 Å². The number of carbonyl (C=O) groups is 2. The summed E-state index contributed by atoms with van der Waals surface area (Å²) >= 11 is 0. The molecule has 128 valence electrons. The van der Waals surface area contributed by atoms with Crippen LogP contribution in [0.2, 0.25) is 0 Å². The largest absolute Gasteiger partial charge is 0.480 e. The quantitative estimate of drug-likeness (QED) is 0.842. The molecule has 0 aromatic heterocycles. The molecule has 0 radical (unpaired) electrons. The fraction of sp³-hybridized carbons (Fsp3) is 0.412. The molecule has 1 aromatic carbocycles. The molecule has 0 bridgehead atoms. The second-order valence-electron chi connectivity index (χ2n) is 6.02. The number of amides is 1. The van der Waals surface area contributed by atoms with Gasteiger partial charge in [0.15, 0.2) is 0 Å². The standard InChI is InChI=1S/C17H16F3NO3/c1-2-9-5-3-7-11-10-6-4-8-12(10)14(15(22)23)21(13(9)11)16(24)17(18,19)20/h3-7,10,12,14H,2,8H2,1H3,(H,22,23)/t10-,12-,14+/m1/s1. The number of carboxylic acid groups (broad SMARTS) is 1. The van der Waals surface area contributed by atoms with E-state index in [1.807, 2.05) is 6.08 Å². The number of anilines is 1. The molecule has 24 heavy (non-hydrogen) atoms. The lowest BCUT2D eigenvalue weighted by atomic mass is 9.77. The van der Waals surface area contributed by atoms with Gasteiger partial charge in [-0.25, -0.2) is 4.79 Å². The fourth-order valence-corrected chi connectivity index (χ4v) is 3.78. The third kappa shape index (κ3) is 2.39. The number of carbonyl (C=O) groups excluding carboxylic acids is 1. The van der Waals surface area contributed by atoms with Crippen molar-refractivity contribution in [3.8, 4) is 0 Å². The number of fused-ring (bicyclic) bond motifs is 3. The number of benzene rings is 1. The molecule has 3 atom stereocenters. The Labute approximate surface area is 136 Å². The van der Waals surface area contributed by atoms with Crippen LogP contribution in [0.4, 0.5) is 18.9 Å². The number of para-hydroxylation sites is 1. The third-order valence-corrected chi connectivity index (χ3v) is 4.74. The maximum absolute atomic E-state index is 13.1. The van der Waals surface area contributed by atoms with E-state index >= 15 is 0 Å². The van der Waals surface area contributed by atoms with Crippen molar-refractivity contribution in [3.05, 3.63) is 41.5 Å². The normalized spacial score (nSPS) is 25.3. The van der Waals surface area contributed by atoms with Gasteiger partial charge in [-0.1, -0.05) is 37.3 Å². The lowest BCUT2D eigenvalue weighted by Crippen LogP contribution is -2.57. The summed E-state index contributed by atoms with van der Waals surface area (Å²) in [6.45, 7) is 1.76. The Morgan fingerprint density at radius 1 is 1.33 bits per heavy atom. The first-order valence-electron chi connectivity index (χ1n) is 7.69. The van der Waals surface area contributed by atoms with Gasteiger partial charge in [-0.2, -0.15) is 13.2 Å². The number of nitrogens with zero attached hydrogens (tertiary/aromatic N) is 1. The number of hydrogen-bond donors (Lipinski definition) is 1. The number of allylic oxidation sites excluding steroid dienone is 2. The molecule has 4 nitrogen and oxygen atoms in total. The Morgan fingerprint density at radius 3 is 2.62 bits per heavy atom. The third-order valence-electron chi connectivity index (χ3n) is 4.74. The molecule has 1 aliphatic heterocycles. The maximum Gasteiger partial charge on any atom is 0.471 e. The summed E-state index contributed by atoms with van der Waals surface area (Å²) in [6, 6.07) is 3.52. The van der Waals surface area contributed by atoms with Gasteiger partial charge < -0.3 is 5.11 Å². The summed E-state index contributed by atoms with van der Waals surface area (Å²) in [7, 11) is 0. The summed E-state index contributed by atoms with van der Waals surface area (Å²) in [5, 5.41) is 9.57. The zero-order valence-corrected chi connectivity index (χ0v) is 12.9. The SMILES string of the molecule is CCc1cccc2c1N(C(=O)C(F)(F)F)[C@H](C(=O)O)[C@@H]1CC=C[C@H]21. The number of aliphatic carboxylic acids is 1. The number of rotatable bonds is 2. The Balaban J connectivity index is 2.27. The smallest absolute Gasteiger partial charge is 0.471 e. The van der Waals surface area contributed by atoms with E-state index in [2.05, 4.69) is 0 Å². The minimum atomic E-state index is -5.13. The topological polar surface area (TPSA) is 57.6 Å². The van der Waals surface area contributed by atoms with Gasteiger partial charge in [0.1, 0.15) is 6.04 Å². The molecule has 1 amide bonds. The van der Waals surface area contributed by atoms with Crippen molar-refractivity contribution in [3.63, 3.8) is 0 Å². The molecule has 1 heterocycles. The van der Waals surface area contributed by atoms with Crippen LogP contribution in [-0.2, 0) is 16.0 Å². The second kappa shape index (κ2) is 5.65. The van der Waals surface area contributed by atoms with Gasteiger partial charge in [0.25, 0.3) is 0 Å². The minimum absolute atomic E-state index is 0.0996. The van der Waals surface area contributed by atoms with Crippen molar-refractivity contribution >= 4 is 17.6 Å². The predicted molar refractivity (Wildman–Crippen MR) is 80.8 cm³/mol. The molecule has 7 heteroatoms.